The lowest BCUT2D eigenvalue weighted by Crippen LogP contribution is -2.56. The summed E-state index contributed by atoms with van der Waals surface area (Å²) in [7, 11) is 0. The molecule has 2 fully saturated rings. The van der Waals surface area contributed by atoms with Crippen LogP contribution in [0, 0.1) is 11.6 Å². The molecule has 1 aliphatic heterocycles. The summed E-state index contributed by atoms with van der Waals surface area (Å²) in [5.41, 5.74) is 3.55. The zero-order valence-electron chi connectivity index (χ0n) is 15.6. The molecule has 1 saturated carbocycles. The third kappa shape index (κ3) is 2.64. The van der Waals surface area contributed by atoms with Crippen LogP contribution in [0.15, 0.2) is 11.0 Å². The number of hydrogen-bond acceptors (Lipinski definition) is 5. The molecule has 1 aromatic carbocycles. The van der Waals surface area contributed by atoms with E-state index in [9.17, 15) is 14.7 Å². The van der Waals surface area contributed by atoms with E-state index >= 15 is 8.78 Å². The predicted octanol–water partition coefficient (Wildman–Crippen LogP) is 2.08. The fourth-order valence-corrected chi connectivity index (χ4v) is 3.97. The molecular formula is C19H22F2N4O3. The van der Waals surface area contributed by atoms with Gasteiger partial charge in [0.25, 0.3) is 0 Å². The van der Waals surface area contributed by atoms with Crippen LogP contribution in [0.3, 0.4) is 0 Å². The van der Waals surface area contributed by atoms with E-state index in [2.05, 4.69) is 5.32 Å². The number of anilines is 2. The highest BCUT2D eigenvalue weighted by Crippen LogP contribution is 2.42. The van der Waals surface area contributed by atoms with Crippen molar-refractivity contribution in [1.82, 2.24) is 9.88 Å². The second-order valence-electron chi connectivity index (χ2n) is 7.61. The lowest BCUT2D eigenvalue weighted by Gasteiger charge is -2.40. The number of piperazine rings is 1. The van der Waals surface area contributed by atoms with Gasteiger partial charge in [0.2, 0.25) is 5.43 Å². The highest BCUT2D eigenvalue weighted by atomic mass is 19.1. The van der Waals surface area contributed by atoms with Gasteiger partial charge in [0.1, 0.15) is 11.3 Å². The third-order valence-corrected chi connectivity index (χ3v) is 5.86. The Morgan fingerprint density at radius 3 is 2.57 bits per heavy atom. The van der Waals surface area contributed by atoms with E-state index in [0.29, 0.717) is 13.1 Å². The van der Waals surface area contributed by atoms with E-state index in [1.54, 1.807) is 4.90 Å². The maximum Gasteiger partial charge on any atom is 0.341 e. The molecule has 150 valence electrons. The van der Waals surface area contributed by atoms with Gasteiger partial charge in [-0.05, 0) is 26.7 Å². The van der Waals surface area contributed by atoms with Crippen molar-refractivity contribution in [1.29, 1.82) is 0 Å². The van der Waals surface area contributed by atoms with Crippen molar-refractivity contribution < 1.29 is 18.7 Å². The number of carbonyl (C=O) groups is 1. The number of carboxylic acids is 1. The molecule has 0 amide bonds. The summed E-state index contributed by atoms with van der Waals surface area (Å²) in [6.07, 6.45) is 2.60. The Balaban J connectivity index is 2.08. The Kier molecular flexibility index (Phi) is 4.29. The predicted molar refractivity (Wildman–Crippen MR) is 102 cm³/mol. The minimum Gasteiger partial charge on any atom is -0.477 e. The molecule has 7 nitrogen and oxygen atoms in total. The number of nitrogens with zero attached hydrogens (tertiary/aromatic N) is 2. The van der Waals surface area contributed by atoms with Crippen molar-refractivity contribution in [2.24, 2.45) is 0 Å². The van der Waals surface area contributed by atoms with Crippen molar-refractivity contribution in [3.05, 3.63) is 33.6 Å². The van der Waals surface area contributed by atoms with Crippen LogP contribution in [0.25, 0.3) is 10.9 Å². The number of aromatic nitrogens is 1. The fraction of sp³-hybridized carbons (Fsp3) is 0.474. The van der Waals surface area contributed by atoms with Gasteiger partial charge in [-0.15, -0.1) is 0 Å². The molecule has 0 unspecified atom stereocenters. The van der Waals surface area contributed by atoms with E-state index in [1.165, 1.54) is 4.57 Å². The number of hydrogen-bond donors (Lipinski definition) is 3. The minimum atomic E-state index is -1.45. The summed E-state index contributed by atoms with van der Waals surface area (Å²) in [5, 5.41) is 12.2. The summed E-state index contributed by atoms with van der Waals surface area (Å²) in [4.78, 5) is 25.8. The smallest absolute Gasteiger partial charge is 0.341 e. The average Bonchev–Trinajstić information content (AvgIpc) is 3.48. The zero-order valence-corrected chi connectivity index (χ0v) is 15.6. The van der Waals surface area contributed by atoms with Crippen molar-refractivity contribution >= 4 is 28.2 Å². The normalized spacial score (nSPS) is 22.6. The summed E-state index contributed by atoms with van der Waals surface area (Å²) < 4.78 is 32.3. The molecule has 2 heterocycles. The lowest BCUT2D eigenvalue weighted by atomic mass is 10.0. The van der Waals surface area contributed by atoms with Gasteiger partial charge in [0.05, 0.1) is 16.6 Å². The molecule has 4 N–H and O–H groups in total. The maximum absolute atomic E-state index is 15.7. The number of nitrogens with two attached hydrogens (primary N) is 1. The van der Waals surface area contributed by atoms with E-state index in [-0.39, 0.29) is 29.3 Å². The van der Waals surface area contributed by atoms with Crippen LogP contribution in [-0.2, 0) is 0 Å². The number of halogens is 2. The minimum absolute atomic E-state index is 0.00415. The monoisotopic (exact) mass is 392 g/mol. The molecule has 1 aromatic heterocycles. The largest absolute Gasteiger partial charge is 0.477 e. The fourth-order valence-electron chi connectivity index (χ4n) is 3.97. The van der Waals surface area contributed by atoms with E-state index in [1.807, 2.05) is 13.8 Å². The second-order valence-corrected chi connectivity index (χ2v) is 7.61. The Bertz CT molecular complexity index is 1050. The van der Waals surface area contributed by atoms with Crippen LogP contribution < -0.4 is 21.4 Å². The van der Waals surface area contributed by atoms with Gasteiger partial charge >= 0.3 is 5.97 Å². The first-order chi connectivity index (χ1) is 13.2. The first-order valence-electron chi connectivity index (χ1n) is 9.32. The summed E-state index contributed by atoms with van der Waals surface area (Å²) in [6, 6.07) is -0.328. The van der Waals surface area contributed by atoms with Gasteiger partial charge in [0, 0.05) is 37.4 Å². The highest BCUT2D eigenvalue weighted by molar-refractivity contribution is 5.99. The van der Waals surface area contributed by atoms with E-state index in [4.69, 9.17) is 5.73 Å². The average molecular weight is 392 g/mol. The summed E-state index contributed by atoms with van der Waals surface area (Å²) >= 11 is 0. The molecular weight excluding hydrogens is 370 g/mol. The second kappa shape index (κ2) is 6.44. The molecule has 0 bridgehead atoms. The van der Waals surface area contributed by atoms with Crippen LogP contribution in [0.2, 0.25) is 0 Å². The number of fused-ring (bicyclic) bond motifs is 1. The van der Waals surface area contributed by atoms with Gasteiger partial charge in [-0.3, -0.25) is 4.79 Å². The zero-order chi connectivity index (χ0) is 20.3. The molecule has 1 saturated heterocycles. The van der Waals surface area contributed by atoms with Gasteiger partial charge < -0.3 is 25.6 Å². The topological polar surface area (TPSA) is 101 Å². The first-order valence-corrected chi connectivity index (χ1v) is 9.32. The molecule has 0 radical (unpaired) electrons. The van der Waals surface area contributed by atoms with Crippen molar-refractivity contribution in [2.75, 3.05) is 23.7 Å². The summed E-state index contributed by atoms with van der Waals surface area (Å²) in [5.74, 6) is -3.34. The van der Waals surface area contributed by atoms with Crippen LogP contribution in [0.4, 0.5) is 20.2 Å². The van der Waals surface area contributed by atoms with E-state index in [0.717, 1.165) is 19.0 Å². The molecule has 0 spiro atoms. The van der Waals surface area contributed by atoms with Crippen molar-refractivity contribution in [3.8, 4) is 0 Å². The quantitative estimate of drug-likeness (QED) is 0.692. The van der Waals surface area contributed by atoms with Crippen LogP contribution in [0.1, 0.15) is 43.1 Å². The van der Waals surface area contributed by atoms with Crippen LogP contribution in [0.5, 0.6) is 0 Å². The third-order valence-electron chi connectivity index (χ3n) is 5.86. The number of nitrogens with one attached hydrogen (secondary N) is 1. The summed E-state index contributed by atoms with van der Waals surface area (Å²) in [6.45, 7) is 4.72. The molecule has 9 heteroatoms. The van der Waals surface area contributed by atoms with Gasteiger partial charge in [-0.25, -0.2) is 13.6 Å². The maximum atomic E-state index is 15.7. The molecule has 2 atom stereocenters. The van der Waals surface area contributed by atoms with Gasteiger partial charge in [-0.2, -0.15) is 0 Å². The molecule has 2 aromatic rings. The highest BCUT2D eigenvalue weighted by Gasteiger charge is 2.35. The number of nitrogen functional groups attached to an aromatic ring is 1. The molecule has 2 aliphatic rings. The van der Waals surface area contributed by atoms with Crippen LogP contribution in [-0.4, -0.2) is 40.8 Å². The number of rotatable bonds is 3. The van der Waals surface area contributed by atoms with Gasteiger partial charge in [0.15, 0.2) is 11.6 Å². The van der Waals surface area contributed by atoms with Crippen LogP contribution >= 0.6 is 0 Å². The van der Waals surface area contributed by atoms with Crippen molar-refractivity contribution in [3.63, 3.8) is 0 Å². The Hall–Kier alpha value is -2.68. The lowest BCUT2D eigenvalue weighted by molar-refractivity contribution is 0.0695. The Morgan fingerprint density at radius 2 is 1.96 bits per heavy atom. The number of benzene rings is 1. The number of aromatic carboxylic acids is 1. The Morgan fingerprint density at radius 1 is 1.29 bits per heavy atom. The first kappa shape index (κ1) is 18.7. The van der Waals surface area contributed by atoms with E-state index < -0.39 is 39.7 Å². The number of carboxylic acid groups (broad SMARTS) is 1. The number of pyridine rings is 1. The molecule has 1 aliphatic carbocycles. The Labute approximate surface area is 159 Å². The molecule has 4 rings (SSSR count). The standard InChI is InChI=1S/C19H22F2N4O3/c1-8-9(2)24(6-5-23-8)17-13(20)15(22)12-16(14(17)21)25(10-3-4-10)7-11(18(12)26)19(27)28/h7-10,23H,3-6,22H2,1-2H3,(H,27,28)/t8-,9+/m1/s1. The molecule has 28 heavy (non-hydrogen) atoms. The SMILES string of the molecule is C[C@H]1NCCN(c2c(F)c(N)c3c(=O)c(C(=O)O)cn(C4CC4)c3c2F)[C@H]1C. The van der Waals surface area contributed by atoms with Crippen molar-refractivity contribution in [2.45, 2.75) is 44.8 Å². The van der Waals surface area contributed by atoms with Gasteiger partial charge in [-0.1, -0.05) is 0 Å².